The van der Waals surface area contributed by atoms with Crippen LogP contribution in [0.5, 0.6) is 0 Å². The summed E-state index contributed by atoms with van der Waals surface area (Å²) in [5.74, 6) is 0. The molecule has 0 heterocycles. The lowest BCUT2D eigenvalue weighted by atomic mass is 9.95. The van der Waals surface area contributed by atoms with Gasteiger partial charge >= 0.3 is 0 Å². The van der Waals surface area contributed by atoms with Crippen LogP contribution in [0.25, 0.3) is 55.6 Å². The molecule has 62 heavy (non-hydrogen) atoms. The third-order valence-electron chi connectivity index (χ3n) is 9.30. The summed E-state index contributed by atoms with van der Waals surface area (Å²) in [4.78, 5) is -2.00. The first-order valence-corrected chi connectivity index (χ1v) is 24.2. The molecule has 0 fully saturated rings. The van der Waals surface area contributed by atoms with E-state index in [-0.39, 0.29) is 55.0 Å². The highest BCUT2D eigenvalue weighted by atomic mass is 32.2. The van der Waals surface area contributed by atoms with E-state index in [9.17, 15) is 51.9 Å². The molecule has 0 aromatic heterocycles. The van der Waals surface area contributed by atoms with E-state index in [0.717, 1.165) is 29.8 Å². The van der Waals surface area contributed by atoms with E-state index in [2.05, 4.69) is 18.7 Å². The summed E-state index contributed by atoms with van der Waals surface area (Å²) in [6, 6.07) is 24.0. The lowest BCUT2D eigenvalue weighted by Crippen LogP contribution is -2.05. The first-order chi connectivity index (χ1) is 29.0. The van der Waals surface area contributed by atoms with Crippen molar-refractivity contribution >= 4 is 64.6 Å². The molecule has 6 aromatic carbocycles. The van der Waals surface area contributed by atoms with Crippen molar-refractivity contribution in [1.82, 2.24) is 0 Å². The van der Waals surface area contributed by atoms with Gasteiger partial charge in [-0.1, -0.05) is 82.9 Å². The molecule has 0 radical (unpaired) electrons. The average molecular weight is 967 g/mol. The van der Waals surface area contributed by atoms with Gasteiger partial charge in [-0.3, -0.25) is 18.2 Å². The Morgan fingerprint density at radius 2 is 0.694 bits per heavy atom. The molecule has 24 heteroatoms. The summed E-state index contributed by atoms with van der Waals surface area (Å²) in [6.07, 6.45) is 0. The van der Waals surface area contributed by atoms with E-state index in [1.807, 2.05) is 0 Å². The summed E-state index contributed by atoms with van der Waals surface area (Å²) in [5.41, 5.74) is 1.51. The van der Waals surface area contributed by atoms with Gasteiger partial charge in [-0.15, -0.1) is 8.67 Å². The van der Waals surface area contributed by atoms with Gasteiger partial charge in [0, 0.05) is 26.5 Å². The highest BCUT2D eigenvalue weighted by molar-refractivity contribution is 7.95. The van der Waals surface area contributed by atoms with Crippen LogP contribution in [0.4, 0.5) is 0 Å². The largest absolute Gasteiger partial charge is 0.295 e. The Kier molecular flexibility index (Phi) is 13.8. The van der Waals surface area contributed by atoms with Gasteiger partial charge in [-0.2, -0.15) is 33.7 Å². The third-order valence-corrected chi connectivity index (χ3v) is 14.4. The zero-order chi connectivity index (χ0) is 45.4. The fraction of sp³-hybridized carbons (Fsp3) is 0.0526. The van der Waals surface area contributed by atoms with E-state index in [1.165, 1.54) is 67.6 Å². The predicted octanol–water partition coefficient (Wildman–Crippen LogP) is 8.48. The van der Waals surface area contributed by atoms with E-state index < -0.39 is 60.1 Å². The van der Waals surface area contributed by atoms with E-state index in [1.54, 1.807) is 31.2 Å². The van der Waals surface area contributed by atoms with Gasteiger partial charge in [-0.05, 0) is 100 Å². The van der Waals surface area contributed by atoms with Gasteiger partial charge in [0.05, 0.1) is 29.0 Å². The Bertz CT molecular complexity index is 3190. The van der Waals surface area contributed by atoms with Crippen LogP contribution in [-0.4, -0.2) is 62.4 Å². The molecular formula is C38H30O18S6. The summed E-state index contributed by atoms with van der Waals surface area (Å²) >= 11 is 1.09. The average Bonchev–Trinajstić information content (AvgIpc) is 3.20. The van der Waals surface area contributed by atoms with Crippen molar-refractivity contribution in [3.8, 4) is 55.6 Å². The van der Waals surface area contributed by atoms with Gasteiger partial charge in [-0.25, -0.2) is 10.5 Å². The number of hydrogen-bond acceptors (Lipinski definition) is 16. The van der Waals surface area contributed by atoms with Crippen LogP contribution in [-0.2, 0) is 59.2 Å². The molecule has 6 rings (SSSR count). The second-order valence-electron chi connectivity index (χ2n) is 13.2. The maximum absolute atomic E-state index is 12.9. The molecule has 6 N–H and O–H groups in total. The normalized spacial score (nSPS) is 12.5. The molecular weight excluding hydrogens is 937 g/mol. The van der Waals surface area contributed by atoms with E-state index >= 15 is 0 Å². The number of aryl methyl sites for hydroxylation is 2. The zero-order valence-corrected chi connectivity index (χ0v) is 36.3. The van der Waals surface area contributed by atoms with Crippen molar-refractivity contribution in [2.75, 3.05) is 0 Å². The van der Waals surface area contributed by atoms with Crippen molar-refractivity contribution in [2.45, 2.75) is 43.2 Å². The van der Waals surface area contributed by atoms with Crippen molar-refractivity contribution in [2.24, 2.45) is 0 Å². The van der Waals surface area contributed by atoms with Crippen molar-refractivity contribution in [1.29, 1.82) is 0 Å². The molecule has 0 aliphatic carbocycles. The Labute approximate surface area is 362 Å². The number of benzene rings is 6. The lowest BCUT2D eigenvalue weighted by Gasteiger charge is -2.16. The van der Waals surface area contributed by atoms with E-state index in [4.69, 9.17) is 10.5 Å². The van der Waals surface area contributed by atoms with E-state index in [0.29, 0.717) is 40.1 Å². The third kappa shape index (κ3) is 10.4. The molecule has 18 nitrogen and oxygen atoms in total. The molecule has 0 atom stereocenters. The SMILES string of the molecule is Cc1ccc(-c2ccc(-c3ccc(-c4ccc(-c5ccc(-c6ccc(C)c(S(=O)(=O)O)c6)c(S(=O)(=O)O)c5)c(S(=O)(=O)O)c4)cc3SOOO)c(S(=O)(=O)O)c2)cc1SOOO. The Morgan fingerprint density at radius 3 is 1.18 bits per heavy atom. The highest BCUT2D eigenvalue weighted by Crippen LogP contribution is 2.42. The smallest absolute Gasteiger partial charge is 0.282 e. The van der Waals surface area contributed by atoms with Gasteiger partial charge in [0.2, 0.25) is 0 Å². The number of hydrogen-bond donors (Lipinski definition) is 6. The van der Waals surface area contributed by atoms with Crippen LogP contribution < -0.4 is 0 Å². The molecule has 0 aliphatic heterocycles. The summed E-state index contributed by atoms with van der Waals surface area (Å²) in [5, 5.41) is 25.0. The fourth-order valence-electron chi connectivity index (χ4n) is 6.45. The van der Waals surface area contributed by atoms with Crippen LogP contribution in [0.3, 0.4) is 0 Å². The number of rotatable bonds is 15. The predicted molar refractivity (Wildman–Crippen MR) is 224 cm³/mol. The molecule has 0 saturated carbocycles. The summed E-state index contributed by atoms with van der Waals surface area (Å²) in [7, 11) is -19.8. The first kappa shape index (κ1) is 46.9. The van der Waals surface area contributed by atoms with Gasteiger partial charge < -0.3 is 0 Å². The minimum absolute atomic E-state index is 0.0408. The maximum atomic E-state index is 12.9. The van der Waals surface area contributed by atoms with Crippen molar-refractivity contribution in [3.05, 3.63) is 120 Å². The van der Waals surface area contributed by atoms with Gasteiger partial charge in [0.25, 0.3) is 40.5 Å². The quantitative estimate of drug-likeness (QED) is 0.0243. The second-order valence-corrected chi connectivity index (χ2v) is 20.2. The Morgan fingerprint density at radius 1 is 0.371 bits per heavy atom. The maximum Gasteiger partial charge on any atom is 0.295 e. The van der Waals surface area contributed by atoms with Gasteiger partial charge in [0.15, 0.2) is 0 Å². The Balaban J connectivity index is 1.46. The fourth-order valence-corrected chi connectivity index (χ4v) is 10.4. The molecule has 0 aliphatic rings. The molecule has 0 bridgehead atoms. The summed E-state index contributed by atoms with van der Waals surface area (Å²) in [6.45, 7) is 3.14. The van der Waals surface area contributed by atoms with Crippen LogP contribution in [0, 0.1) is 13.8 Å². The second kappa shape index (κ2) is 18.3. The molecule has 0 spiro atoms. The molecule has 0 amide bonds. The van der Waals surface area contributed by atoms with Crippen LogP contribution in [0.2, 0.25) is 0 Å². The molecule has 0 saturated heterocycles. The van der Waals surface area contributed by atoms with Crippen LogP contribution in [0.15, 0.2) is 139 Å². The molecule has 326 valence electrons. The minimum Gasteiger partial charge on any atom is -0.282 e. The highest BCUT2D eigenvalue weighted by Gasteiger charge is 2.26. The monoisotopic (exact) mass is 966 g/mol. The first-order valence-electron chi connectivity index (χ1n) is 17.0. The molecule has 6 aromatic rings. The van der Waals surface area contributed by atoms with Crippen LogP contribution in [0.1, 0.15) is 11.1 Å². The van der Waals surface area contributed by atoms with Gasteiger partial charge in [0.1, 0.15) is 14.7 Å². The van der Waals surface area contributed by atoms with Crippen molar-refractivity contribution in [3.63, 3.8) is 0 Å². The summed E-state index contributed by atoms with van der Waals surface area (Å²) < 4.78 is 150. The standard InChI is InChI=1S/C38H30O18S6/c1-21-3-5-23(15-33(21)57-55-53-39)26-9-14-32(38(18-26)62(50,51)52)31-13-8-24(16-34(31)58-56-54-40)25-7-11-29(36(17-25)60(44,45)46)28-10-12-30(37(20-28)61(47,48)49)27-6-4-22(2)35(19-27)59(41,42)43/h3-20,39-40H,1-2H3,(H,41,42,43)(H,44,45,46)(H,47,48,49)(H,50,51,52). The Hall–Kier alpha value is -4.58. The molecule has 0 unspecified atom stereocenters. The lowest BCUT2D eigenvalue weighted by molar-refractivity contribution is -0.432. The zero-order valence-electron chi connectivity index (χ0n) is 31.4. The minimum atomic E-state index is -5.09. The van der Waals surface area contributed by atoms with Crippen molar-refractivity contribution < 1.29 is 81.1 Å². The topological polar surface area (TPSA) is 295 Å². The van der Waals surface area contributed by atoms with Crippen LogP contribution >= 0.6 is 24.1 Å².